The van der Waals surface area contributed by atoms with E-state index in [0.717, 1.165) is 36.3 Å². The molecule has 1 aliphatic rings. The van der Waals surface area contributed by atoms with E-state index in [9.17, 15) is 14.0 Å². The maximum Gasteiger partial charge on any atom is 0.341 e. The molecule has 1 N–H and O–H groups in total. The van der Waals surface area contributed by atoms with Gasteiger partial charge in [0.1, 0.15) is 11.6 Å². The second-order valence-electron chi connectivity index (χ2n) is 9.79. The van der Waals surface area contributed by atoms with Crippen LogP contribution in [0, 0.1) is 5.82 Å². The van der Waals surface area contributed by atoms with Crippen molar-refractivity contribution in [2.45, 2.75) is 45.4 Å². The van der Waals surface area contributed by atoms with Gasteiger partial charge in [-0.1, -0.05) is 48.5 Å². The summed E-state index contributed by atoms with van der Waals surface area (Å²) in [6, 6.07) is 22.3. The molecule has 6 nitrogen and oxygen atoms in total. The Balaban J connectivity index is 1.63. The fraction of sp³-hybridized carbons (Fsp3) is 0.333. The van der Waals surface area contributed by atoms with E-state index >= 15 is 0 Å². The molecule has 0 radical (unpaired) electrons. The van der Waals surface area contributed by atoms with Crippen LogP contribution in [0.2, 0.25) is 0 Å². The van der Waals surface area contributed by atoms with Crippen LogP contribution in [0.15, 0.2) is 72.8 Å². The Bertz CT molecular complexity index is 1230. The molecule has 3 atom stereocenters. The minimum atomic E-state index is -1.03. The Kier molecular flexibility index (Phi) is 8.36. The van der Waals surface area contributed by atoms with Gasteiger partial charge in [-0.25, -0.2) is 9.18 Å². The summed E-state index contributed by atoms with van der Waals surface area (Å²) in [5.74, 6) is -0.742. The monoisotopic (exact) mass is 504 g/mol. The molecule has 0 aliphatic carbocycles. The van der Waals surface area contributed by atoms with E-state index in [0.29, 0.717) is 11.3 Å². The average molecular weight is 505 g/mol. The van der Waals surface area contributed by atoms with Gasteiger partial charge in [-0.05, 0) is 61.7 Å². The molecule has 194 valence electrons. The molecule has 1 saturated heterocycles. The first-order valence-corrected chi connectivity index (χ1v) is 12.5. The van der Waals surface area contributed by atoms with Crippen molar-refractivity contribution in [1.29, 1.82) is 0 Å². The highest BCUT2D eigenvalue weighted by molar-refractivity contribution is 5.94. The number of aliphatic carboxylic acids is 1. The van der Waals surface area contributed by atoms with Crippen molar-refractivity contribution in [3.8, 4) is 5.75 Å². The second-order valence-corrected chi connectivity index (χ2v) is 9.79. The van der Waals surface area contributed by atoms with Gasteiger partial charge in [-0.3, -0.25) is 14.6 Å². The summed E-state index contributed by atoms with van der Waals surface area (Å²) in [4.78, 5) is 27.8. The third-order valence-corrected chi connectivity index (χ3v) is 6.96. The van der Waals surface area contributed by atoms with E-state index in [1.807, 2.05) is 54.6 Å². The largest absolute Gasteiger partial charge is 0.482 e. The van der Waals surface area contributed by atoms with Crippen molar-refractivity contribution in [1.82, 2.24) is 9.80 Å². The minimum absolute atomic E-state index is 0.0172. The molecule has 0 bridgehead atoms. The van der Waals surface area contributed by atoms with Crippen molar-refractivity contribution in [3.63, 3.8) is 0 Å². The number of carboxylic acids is 1. The topological polar surface area (TPSA) is 70.1 Å². The van der Waals surface area contributed by atoms with Crippen LogP contribution >= 0.6 is 0 Å². The number of halogens is 1. The summed E-state index contributed by atoms with van der Waals surface area (Å²) in [5, 5.41) is 9.03. The molecular weight excluding hydrogens is 471 g/mol. The molecule has 0 unspecified atom stereocenters. The Hall–Kier alpha value is -3.55. The molecular formula is C30H33FN2O4. The number of ketones is 1. The van der Waals surface area contributed by atoms with Gasteiger partial charge in [0, 0.05) is 37.3 Å². The molecule has 1 fully saturated rings. The lowest BCUT2D eigenvalue weighted by molar-refractivity contribution is -0.139. The van der Waals surface area contributed by atoms with Gasteiger partial charge in [-0.15, -0.1) is 0 Å². The number of carbonyl (C=O) groups excluding carboxylic acids is 1. The van der Waals surface area contributed by atoms with Crippen molar-refractivity contribution in [2.24, 2.45) is 0 Å². The molecule has 37 heavy (non-hydrogen) atoms. The molecule has 7 heteroatoms. The first-order valence-electron chi connectivity index (χ1n) is 12.5. The lowest BCUT2D eigenvalue weighted by Gasteiger charge is -2.47. The predicted molar refractivity (Wildman–Crippen MR) is 140 cm³/mol. The predicted octanol–water partition coefficient (Wildman–Crippen LogP) is 5.18. The standard InChI is InChI=1S/C30H33FN2O4/c1-20-17-33(21(2)16-32(20)18-23-7-13-27(31)14-8-23)30(25-11-9-24(10-12-25)22(3)34)26-5-4-6-28(15-26)37-19-29(35)36/h4-15,20-21,30H,16-19H2,1-3H3,(H,35,36)/t20-,21+,30+/m1/s1. The van der Waals surface area contributed by atoms with Crippen molar-refractivity contribution < 1.29 is 23.8 Å². The van der Waals surface area contributed by atoms with Crippen LogP contribution in [0.3, 0.4) is 0 Å². The Morgan fingerprint density at radius 1 is 0.973 bits per heavy atom. The van der Waals surface area contributed by atoms with E-state index in [-0.39, 0.29) is 29.7 Å². The zero-order chi connectivity index (χ0) is 26.5. The van der Waals surface area contributed by atoms with E-state index in [1.165, 1.54) is 12.1 Å². The molecule has 3 aromatic rings. The van der Waals surface area contributed by atoms with Crippen LogP contribution < -0.4 is 4.74 Å². The first-order chi connectivity index (χ1) is 17.7. The Morgan fingerprint density at radius 2 is 1.68 bits per heavy atom. The van der Waals surface area contributed by atoms with Crippen LogP contribution in [0.1, 0.15) is 53.9 Å². The van der Waals surface area contributed by atoms with Gasteiger partial charge in [0.05, 0.1) is 6.04 Å². The second kappa shape index (κ2) is 11.7. The zero-order valence-corrected chi connectivity index (χ0v) is 21.4. The maximum absolute atomic E-state index is 13.4. The molecule has 1 heterocycles. The summed E-state index contributed by atoms with van der Waals surface area (Å²) >= 11 is 0. The number of piperazine rings is 1. The number of rotatable bonds is 9. The lowest BCUT2D eigenvalue weighted by atomic mass is 9.92. The van der Waals surface area contributed by atoms with Gasteiger partial charge in [0.25, 0.3) is 0 Å². The summed E-state index contributed by atoms with van der Waals surface area (Å²) in [6.07, 6.45) is 0. The quantitative estimate of drug-likeness (QED) is 0.405. The highest BCUT2D eigenvalue weighted by Gasteiger charge is 2.35. The normalized spacial score (nSPS) is 19.4. The van der Waals surface area contributed by atoms with Crippen LogP contribution in [0.25, 0.3) is 0 Å². The molecule has 1 aliphatic heterocycles. The van der Waals surface area contributed by atoms with E-state index in [4.69, 9.17) is 9.84 Å². The third-order valence-electron chi connectivity index (χ3n) is 6.96. The van der Waals surface area contributed by atoms with Crippen molar-refractivity contribution >= 4 is 11.8 Å². The molecule has 0 spiro atoms. The smallest absolute Gasteiger partial charge is 0.341 e. The number of hydrogen-bond acceptors (Lipinski definition) is 5. The number of carboxylic acid groups (broad SMARTS) is 1. The van der Waals surface area contributed by atoms with Crippen LogP contribution in [0.5, 0.6) is 5.75 Å². The van der Waals surface area contributed by atoms with Gasteiger partial charge in [0.2, 0.25) is 0 Å². The van der Waals surface area contributed by atoms with E-state index in [2.05, 4.69) is 23.6 Å². The van der Waals surface area contributed by atoms with Gasteiger partial charge in [0.15, 0.2) is 12.4 Å². The summed E-state index contributed by atoms with van der Waals surface area (Å²) in [5.41, 5.74) is 3.77. The summed E-state index contributed by atoms with van der Waals surface area (Å²) < 4.78 is 18.8. The number of Topliss-reactive ketones (excluding diaryl/α,β-unsaturated/α-hetero) is 1. The summed E-state index contributed by atoms with van der Waals surface area (Å²) in [6.45, 7) is 7.92. The first kappa shape index (κ1) is 26.5. The number of nitrogens with zero attached hydrogens (tertiary/aromatic N) is 2. The molecule has 0 amide bonds. The maximum atomic E-state index is 13.4. The SMILES string of the molecule is CC(=O)c1ccc([C@@H](c2cccc(OCC(=O)O)c2)N2C[C@@H](C)N(Cc3ccc(F)cc3)C[C@@H]2C)cc1. The highest BCUT2D eigenvalue weighted by atomic mass is 19.1. The van der Waals surface area contributed by atoms with Crippen LogP contribution in [0.4, 0.5) is 4.39 Å². The average Bonchev–Trinajstić information content (AvgIpc) is 2.87. The van der Waals surface area contributed by atoms with E-state index < -0.39 is 12.6 Å². The Labute approximate surface area is 217 Å². The highest BCUT2D eigenvalue weighted by Crippen LogP contribution is 2.35. The van der Waals surface area contributed by atoms with E-state index in [1.54, 1.807) is 13.0 Å². The zero-order valence-electron chi connectivity index (χ0n) is 21.4. The van der Waals surface area contributed by atoms with Gasteiger partial charge < -0.3 is 9.84 Å². The fourth-order valence-corrected chi connectivity index (χ4v) is 5.02. The van der Waals surface area contributed by atoms with Gasteiger partial charge in [-0.2, -0.15) is 0 Å². The van der Waals surface area contributed by atoms with Crippen molar-refractivity contribution in [2.75, 3.05) is 19.7 Å². The van der Waals surface area contributed by atoms with Crippen LogP contribution in [-0.2, 0) is 11.3 Å². The molecule has 0 saturated carbocycles. The number of hydrogen-bond donors (Lipinski definition) is 1. The molecule has 3 aromatic carbocycles. The molecule has 4 rings (SSSR count). The third kappa shape index (κ3) is 6.61. The number of ether oxygens (including phenoxy) is 1. The lowest BCUT2D eigenvalue weighted by Crippen LogP contribution is -2.56. The fourth-order valence-electron chi connectivity index (χ4n) is 5.02. The Morgan fingerprint density at radius 3 is 2.32 bits per heavy atom. The van der Waals surface area contributed by atoms with Gasteiger partial charge >= 0.3 is 5.97 Å². The van der Waals surface area contributed by atoms with Crippen LogP contribution in [-0.4, -0.2) is 58.4 Å². The summed E-state index contributed by atoms with van der Waals surface area (Å²) in [7, 11) is 0. The number of carbonyl (C=O) groups is 2. The number of benzene rings is 3. The van der Waals surface area contributed by atoms with Crippen molar-refractivity contribution in [3.05, 3.63) is 101 Å². The minimum Gasteiger partial charge on any atom is -0.482 e. The molecule has 0 aromatic heterocycles.